The number of fused-ring (bicyclic) bond motifs is 1. The number of rotatable bonds is 8. The first-order valence-electron chi connectivity index (χ1n) is 9.86. The molecule has 1 amide bonds. The molecule has 1 aromatic carbocycles. The van der Waals surface area contributed by atoms with Gasteiger partial charge in [-0.25, -0.2) is 13.8 Å². The Balaban J connectivity index is 1.90. The molecule has 4 N–H and O–H groups in total. The summed E-state index contributed by atoms with van der Waals surface area (Å²) in [5, 5.41) is 11.9. The quantitative estimate of drug-likeness (QED) is 0.508. The van der Waals surface area contributed by atoms with Gasteiger partial charge in [0, 0.05) is 24.9 Å². The Kier molecular flexibility index (Phi) is 6.56. The number of aliphatic hydroxyl groups is 1. The molecule has 0 saturated heterocycles. The number of hydrogen-bond donors (Lipinski definition) is 3. The lowest BCUT2D eigenvalue weighted by molar-refractivity contribution is 0.0934. The molecule has 3 aromatic rings. The van der Waals surface area contributed by atoms with Gasteiger partial charge >= 0.3 is 0 Å². The molecule has 31 heavy (non-hydrogen) atoms. The topological polar surface area (TPSA) is 102 Å². The van der Waals surface area contributed by atoms with Crippen molar-refractivity contribution in [2.24, 2.45) is 5.73 Å². The van der Waals surface area contributed by atoms with Crippen LogP contribution in [0.2, 0.25) is 0 Å². The molecule has 1 unspecified atom stereocenters. The Bertz CT molecular complexity index is 1090. The first-order chi connectivity index (χ1) is 14.6. The highest BCUT2D eigenvalue weighted by Gasteiger charge is 2.23. The van der Waals surface area contributed by atoms with Gasteiger partial charge in [0.05, 0.1) is 11.3 Å². The summed E-state index contributed by atoms with van der Waals surface area (Å²) in [5.41, 5.74) is 7.02. The van der Waals surface area contributed by atoms with Crippen molar-refractivity contribution >= 4 is 11.6 Å². The number of nitrogens with two attached hydrogens (primary N) is 1. The maximum absolute atomic E-state index is 13.9. The number of carbonyl (C=O) groups excluding carboxylic acids is 1. The van der Waals surface area contributed by atoms with E-state index in [1.165, 1.54) is 6.07 Å². The smallest absolute Gasteiger partial charge is 0.270 e. The summed E-state index contributed by atoms with van der Waals surface area (Å²) in [5.74, 6) is -1.47. The molecule has 7 nitrogen and oxygen atoms in total. The van der Waals surface area contributed by atoms with Gasteiger partial charge in [-0.15, -0.1) is 0 Å². The fourth-order valence-electron chi connectivity index (χ4n) is 3.27. The van der Waals surface area contributed by atoms with E-state index in [9.17, 15) is 13.6 Å². The number of halogens is 2. The highest BCUT2D eigenvalue weighted by molar-refractivity contribution is 5.95. The average molecular weight is 432 g/mol. The number of hydrogen-bond acceptors (Lipinski definition) is 5. The minimum Gasteiger partial charge on any atom is -0.485 e. The summed E-state index contributed by atoms with van der Waals surface area (Å²) < 4.78 is 35.2. The lowest BCUT2D eigenvalue weighted by Gasteiger charge is -2.23. The van der Waals surface area contributed by atoms with Crippen LogP contribution in [-0.2, 0) is 6.61 Å². The highest BCUT2D eigenvalue weighted by atomic mass is 19.1. The van der Waals surface area contributed by atoms with Gasteiger partial charge in [0.15, 0.2) is 11.4 Å². The van der Waals surface area contributed by atoms with Crippen LogP contribution in [0.3, 0.4) is 0 Å². The van der Waals surface area contributed by atoms with Crippen LogP contribution in [0, 0.1) is 25.5 Å². The van der Waals surface area contributed by atoms with Crippen LogP contribution in [0.1, 0.15) is 40.7 Å². The maximum atomic E-state index is 13.9. The molecule has 0 radical (unpaired) electrons. The van der Waals surface area contributed by atoms with Gasteiger partial charge in [-0.05, 0) is 51.0 Å². The monoisotopic (exact) mass is 432 g/mol. The van der Waals surface area contributed by atoms with Crippen molar-refractivity contribution in [3.63, 3.8) is 0 Å². The van der Waals surface area contributed by atoms with Crippen molar-refractivity contribution in [1.29, 1.82) is 0 Å². The fourth-order valence-corrected chi connectivity index (χ4v) is 3.27. The van der Waals surface area contributed by atoms with E-state index in [1.807, 2.05) is 6.92 Å². The molecule has 166 valence electrons. The highest BCUT2D eigenvalue weighted by Crippen LogP contribution is 2.26. The third kappa shape index (κ3) is 5.00. The SMILES string of the molecule is Cc1cc(OCc2c(F)cccc2F)c2nc(C)c(C(=O)NCC(C)(N)CCO)n2c1. The van der Waals surface area contributed by atoms with Crippen molar-refractivity contribution in [1.82, 2.24) is 14.7 Å². The first-order valence-corrected chi connectivity index (χ1v) is 9.86. The molecule has 0 aliphatic carbocycles. The fraction of sp³-hybridized carbons (Fsp3) is 0.364. The van der Waals surface area contributed by atoms with Gasteiger partial charge in [0.2, 0.25) is 0 Å². The van der Waals surface area contributed by atoms with Crippen molar-refractivity contribution in [2.45, 2.75) is 39.3 Å². The molecule has 0 spiro atoms. The number of aryl methyl sites for hydroxylation is 2. The maximum Gasteiger partial charge on any atom is 0.270 e. The Morgan fingerprint density at radius 1 is 1.32 bits per heavy atom. The lowest BCUT2D eigenvalue weighted by atomic mass is 10.00. The summed E-state index contributed by atoms with van der Waals surface area (Å²) in [6.07, 6.45) is 2.07. The molecular formula is C22H26F2N4O3. The standard InChI is InChI=1S/C22H26F2N4O3/c1-13-9-18(31-11-15-16(23)5-4-6-17(15)24)20-27-14(2)19(28(20)10-13)21(30)26-12-22(3,25)7-8-29/h4-6,9-10,29H,7-8,11-12,25H2,1-3H3,(H,26,30). The summed E-state index contributed by atoms with van der Waals surface area (Å²) in [6.45, 7) is 5.00. The third-order valence-electron chi connectivity index (χ3n) is 4.98. The largest absolute Gasteiger partial charge is 0.485 e. The molecule has 2 heterocycles. The van der Waals surface area contributed by atoms with E-state index in [0.717, 1.165) is 17.7 Å². The Morgan fingerprint density at radius 3 is 2.65 bits per heavy atom. The second kappa shape index (κ2) is 8.99. The molecule has 0 aliphatic heterocycles. The molecule has 2 aromatic heterocycles. The molecule has 0 fully saturated rings. The molecule has 0 bridgehead atoms. The molecule has 0 aliphatic rings. The molecule has 0 saturated carbocycles. The van der Waals surface area contributed by atoms with Crippen LogP contribution >= 0.6 is 0 Å². The van der Waals surface area contributed by atoms with Crippen LogP contribution in [-0.4, -0.2) is 39.1 Å². The number of benzene rings is 1. The zero-order valence-corrected chi connectivity index (χ0v) is 17.7. The van der Waals surface area contributed by atoms with E-state index in [-0.39, 0.29) is 31.2 Å². The van der Waals surface area contributed by atoms with Gasteiger partial charge in [-0.1, -0.05) is 6.07 Å². The Hall–Kier alpha value is -3.04. The third-order valence-corrected chi connectivity index (χ3v) is 4.98. The van der Waals surface area contributed by atoms with Crippen LogP contribution in [0.4, 0.5) is 8.78 Å². The molecule has 9 heteroatoms. The van der Waals surface area contributed by atoms with Gasteiger partial charge in [0.25, 0.3) is 5.91 Å². The van der Waals surface area contributed by atoms with Crippen molar-refractivity contribution in [3.05, 3.63) is 64.6 Å². The van der Waals surface area contributed by atoms with Crippen molar-refractivity contribution in [3.8, 4) is 5.75 Å². The second-order valence-electron chi connectivity index (χ2n) is 7.92. The second-order valence-corrected chi connectivity index (χ2v) is 7.92. The van der Waals surface area contributed by atoms with Gasteiger partial charge in [0.1, 0.15) is 23.9 Å². The van der Waals surface area contributed by atoms with Crippen molar-refractivity contribution < 1.29 is 23.4 Å². The van der Waals surface area contributed by atoms with E-state index >= 15 is 0 Å². The van der Waals surface area contributed by atoms with Crippen LogP contribution in [0.5, 0.6) is 5.75 Å². The van der Waals surface area contributed by atoms with E-state index in [0.29, 0.717) is 29.2 Å². The summed E-state index contributed by atoms with van der Waals surface area (Å²) in [7, 11) is 0. The number of nitrogens with zero attached hydrogens (tertiary/aromatic N) is 2. The summed E-state index contributed by atoms with van der Waals surface area (Å²) >= 11 is 0. The number of aromatic nitrogens is 2. The number of pyridine rings is 1. The molecular weight excluding hydrogens is 406 g/mol. The molecule has 3 rings (SSSR count). The van der Waals surface area contributed by atoms with Gasteiger partial charge in [-0.2, -0.15) is 0 Å². The van der Waals surface area contributed by atoms with E-state index < -0.39 is 17.2 Å². The Morgan fingerprint density at radius 2 is 2.00 bits per heavy atom. The first kappa shape index (κ1) is 22.6. The predicted octanol–water partition coefficient (Wildman–Crippen LogP) is 2.64. The minimum absolute atomic E-state index is 0.0833. The van der Waals surface area contributed by atoms with Crippen LogP contribution in [0.15, 0.2) is 30.5 Å². The van der Waals surface area contributed by atoms with E-state index in [4.69, 9.17) is 15.6 Å². The van der Waals surface area contributed by atoms with Gasteiger partial charge < -0.3 is 20.9 Å². The zero-order chi connectivity index (χ0) is 22.8. The Labute approximate surface area is 178 Å². The number of aliphatic hydroxyl groups excluding tert-OH is 1. The number of amides is 1. The normalized spacial score (nSPS) is 13.3. The number of carbonyl (C=O) groups is 1. The van der Waals surface area contributed by atoms with Crippen molar-refractivity contribution in [2.75, 3.05) is 13.2 Å². The van der Waals surface area contributed by atoms with Crippen LogP contribution in [0.25, 0.3) is 5.65 Å². The number of nitrogens with one attached hydrogen (secondary N) is 1. The van der Waals surface area contributed by atoms with Crippen LogP contribution < -0.4 is 15.8 Å². The average Bonchev–Trinajstić information content (AvgIpc) is 3.01. The van der Waals surface area contributed by atoms with Gasteiger partial charge in [-0.3, -0.25) is 9.20 Å². The zero-order valence-electron chi connectivity index (χ0n) is 17.7. The van der Waals surface area contributed by atoms with E-state index in [1.54, 1.807) is 30.5 Å². The minimum atomic E-state index is -0.757. The summed E-state index contributed by atoms with van der Waals surface area (Å²) in [6, 6.07) is 5.31. The lowest BCUT2D eigenvalue weighted by Crippen LogP contribution is -2.48. The van der Waals surface area contributed by atoms with E-state index in [2.05, 4.69) is 10.3 Å². The number of imidazole rings is 1. The summed E-state index contributed by atoms with van der Waals surface area (Å²) in [4.78, 5) is 17.3. The number of ether oxygens (including phenoxy) is 1. The predicted molar refractivity (Wildman–Crippen MR) is 112 cm³/mol. The molecule has 1 atom stereocenters.